The first-order valence-corrected chi connectivity index (χ1v) is 8.19. The van der Waals surface area contributed by atoms with Gasteiger partial charge in [-0.1, -0.05) is 0 Å². The van der Waals surface area contributed by atoms with Crippen molar-refractivity contribution in [2.75, 3.05) is 17.2 Å². The van der Waals surface area contributed by atoms with Gasteiger partial charge in [0.15, 0.2) is 6.61 Å². The Bertz CT molecular complexity index is 834. The molecule has 2 amide bonds. The molecule has 2 N–H and O–H groups in total. The summed E-state index contributed by atoms with van der Waals surface area (Å²) in [5.74, 6) is -1.02. The van der Waals surface area contributed by atoms with Crippen LogP contribution < -0.4 is 15.4 Å². The molecule has 142 valence electrons. The fraction of sp³-hybridized carbons (Fsp3) is 0.278. The van der Waals surface area contributed by atoms with Gasteiger partial charge in [0.05, 0.1) is 0 Å². The SMILES string of the molecule is O=C(Nc1ccc(NC(=O)C2CC2)cc1)c1cccnc1OCC(F)(F)F. The largest absolute Gasteiger partial charge is 0.467 e. The fourth-order valence-electron chi connectivity index (χ4n) is 2.25. The molecule has 0 atom stereocenters. The summed E-state index contributed by atoms with van der Waals surface area (Å²) in [5.41, 5.74) is 0.892. The lowest BCUT2D eigenvalue weighted by Gasteiger charge is -2.12. The molecule has 1 aromatic carbocycles. The Morgan fingerprint density at radius 2 is 1.70 bits per heavy atom. The minimum absolute atomic E-state index is 0.0337. The first-order chi connectivity index (χ1) is 12.8. The quantitative estimate of drug-likeness (QED) is 0.803. The molecule has 1 aliphatic carbocycles. The van der Waals surface area contributed by atoms with Crippen molar-refractivity contribution >= 4 is 23.2 Å². The van der Waals surface area contributed by atoms with Crippen LogP contribution in [0, 0.1) is 5.92 Å². The Labute approximate surface area is 152 Å². The highest BCUT2D eigenvalue weighted by Crippen LogP contribution is 2.30. The van der Waals surface area contributed by atoms with E-state index in [0.29, 0.717) is 11.4 Å². The molecule has 1 aromatic heterocycles. The number of carbonyl (C=O) groups excluding carboxylic acids is 2. The van der Waals surface area contributed by atoms with Crippen molar-refractivity contribution in [3.63, 3.8) is 0 Å². The minimum atomic E-state index is -4.54. The number of nitrogens with one attached hydrogen (secondary N) is 2. The highest BCUT2D eigenvalue weighted by molar-refractivity contribution is 6.06. The van der Waals surface area contributed by atoms with Gasteiger partial charge in [-0.2, -0.15) is 13.2 Å². The number of alkyl halides is 3. The Balaban J connectivity index is 1.64. The molecule has 1 aliphatic rings. The summed E-state index contributed by atoms with van der Waals surface area (Å²) in [5, 5.41) is 5.33. The van der Waals surface area contributed by atoms with Crippen LogP contribution in [-0.4, -0.2) is 29.6 Å². The molecular formula is C18H16F3N3O3. The molecular weight excluding hydrogens is 363 g/mol. The van der Waals surface area contributed by atoms with Crippen molar-refractivity contribution in [2.24, 2.45) is 5.92 Å². The monoisotopic (exact) mass is 379 g/mol. The van der Waals surface area contributed by atoms with Crippen LogP contribution in [-0.2, 0) is 4.79 Å². The number of hydrogen-bond acceptors (Lipinski definition) is 4. The summed E-state index contributed by atoms with van der Waals surface area (Å²) in [4.78, 5) is 27.7. The number of halogens is 3. The number of aromatic nitrogens is 1. The fourth-order valence-corrected chi connectivity index (χ4v) is 2.25. The normalized spacial score (nSPS) is 13.7. The van der Waals surface area contributed by atoms with Crippen LogP contribution in [0.5, 0.6) is 5.88 Å². The van der Waals surface area contributed by atoms with Crippen molar-refractivity contribution in [1.29, 1.82) is 0 Å². The first-order valence-electron chi connectivity index (χ1n) is 8.19. The Morgan fingerprint density at radius 1 is 1.07 bits per heavy atom. The van der Waals surface area contributed by atoms with Gasteiger partial charge in [0.2, 0.25) is 11.8 Å². The van der Waals surface area contributed by atoms with Crippen LogP contribution in [0.15, 0.2) is 42.6 Å². The summed E-state index contributed by atoms with van der Waals surface area (Å²) < 4.78 is 41.6. The van der Waals surface area contributed by atoms with Crippen molar-refractivity contribution in [1.82, 2.24) is 4.98 Å². The molecule has 0 radical (unpaired) electrons. The molecule has 3 rings (SSSR count). The summed E-state index contributed by atoms with van der Waals surface area (Å²) in [6, 6.07) is 9.14. The van der Waals surface area contributed by atoms with Crippen LogP contribution in [0.25, 0.3) is 0 Å². The topological polar surface area (TPSA) is 80.3 Å². The molecule has 6 nitrogen and oxygen atoms in total. The maximum absolute atomic E-state index is 12.3. The van der Waals surface area contributed by atoms with Crippen LogP contribution >= 0.6 is 0 Å². The van der Waals surface area contributed by atoms with Crippen LogP contribution in [0.2, 0.25) is 0 Å². The van der Waals surface area contributed by atoms with E-state index in [0.717, 1.165) is 12.8 Å². The zero-order valence-corrected chi connectivity index (χ0v) is 14.0. The van der Waals surface area contributed by atoms with E-state index < -0.39 is 24.6 Å². The predicted molar refractivity (Wildman–Crippen MR) is 91.5 cm³/mol. The number of rotatable bonds is 6. The Morgan fingerprint density at radius 3 is 2.30 bits per heavy atom. The van der Waals surface area contributed by atoms with Crippen molar-refractivity contribution in [2.45, 2.75) is 19.0 Å². The molecule has 0 unspecified atom stereocenters. The second-order valence-electron chi connectivity index (χ2n) is 6.05. The summed E-state index contributed by atoms with van der Waals surface area (Å²) >= 11 is 0. The standard InChI is InChI=1S/C18H16F3N3O3/c19-18(20,21)10-27-17-14(2-1-9-22-17)16(26)24-13-7-5-12(6-8-13)23-15(25)11-3-4-11/h1-2,5-9,11H,3-4,10H2,(H,23,25)(H,24,26). The number of anilines is 2. The van der Waals surface area contributed by atoms with Crippen molar-refractivity contribution in [3.05, 3.63) is 48.2 Å². The molecule has 9 heteroatoms. The number of nitrogens with zero attached hydrogens (tertiary/aromatic N) is 1. The third-order valence-electron chi connectivity index (χ3n) is 3.75. The lowest BCUT2D eigenvalue weighted by molar-refractivity contribution is -0.154. The highest BCUT2D eigenvalue weighted by Gasteiger charge is 2.30. The van der Waals surface area contributed by atoms with Gasteiger partial charge < -0.3 is 15.4 Å². The van der Waals surface area contributed by atoms with E-state index in [1.54, 1.807) is 24.3 Å². The average Bonchev–Trinajstić information content (AvgIpc) is 3.46. The van der Waals surface area contributed by atoms with Gasteiger partial charge >= 0.3 is 6.18 Å². The second kappa shape index (κ2) is 7.65. The summed E-state index contributed by atoms with van der Waals surface area (Å²) in [7, 11) is 0. The summed E-state index contributed by atoms with van der Waals surface area (Å²) in [6.45, 7) is -1.54. The first kappa shape index (κ1) is 18.7. The molecule has 1 saturated carbocycles. The molecule has 0 aliphatic heterocycles. The van der Waals surface area contributed by atoms with Crippen molar-refractivity contribution < 1.29 is 27.5 Å². The van der Waals surface area contributed by atoms with Gasteiger partial charge in [0.1, 0.15) is 5.56 Å². The molecule has 1 heterocycles. The highest BCUT2D eigenvalue weighted by atomic mass is 19.4. The van der Waals surface area contributed by atoms with Gasteiger partial charge in [-0.05, 0) is 49.2 Å². The maximum Gasteiger partial charge on any atom is 0.422 e. The zero-order chi connectivity index (χ0) is 19.4. The molecule has 1 fully saturated rings. The number of benzene rings is 1. The minimum Gasteiger partial charge on any atom is -0.467 e. The van der Waals surface area contributed by atoms with Crippen LogP contribution in [0.4, 0.5) is 24.5 Å². The predicted octanol–water partition coefficient (Wildman–Crippen LogP) is 3.62. The lowest BCUT2D eigenvalue weighted by atomic mass is 10.2. The third-order valence-corrected chi connectivity index (χ3v) is 3.75. The number of pyridine rings is 1. The number of ether oxygens (including phenoxy) is 1. The molecule has 27 heavy (non-hydrogen) atoms. The average molecular weight is 379 g/mol. The Hall–Kier alpha value is -3.10. The maximum atomic E-state index is 12.3. The van der Waals surface area contributed by atoms with E-state index in [9.17, 15) is 22.8 Å². The number of amides is 2. The van der Waals surface area contributed by atoms with Crippen LogP contribution in [0.1, 0.15) is 23.2 Å². The third kappa shape index (κ3) is 5.44. The van der Waals surface area contributed by atoms with E-state index in [4.69, 9.17) is 0 Å². The van der Waals surface area contributed by atoms with Gasteiger partial charge in [-0.3, -0.25) is 9.59 Å². The van der Waals surface area contributed by atoms with Gasteiger partial charge in [0.25, 0.3) is 5.91 Å². The summed E-state index contributed by atoms with van der Waals surface area (Å²) in [6.07, 6.45) is -1.51. The molecule has 2 aromatic rings. The molecule has 0 spiro atoms. The van der Waals surface area contributed by atoms with E-state index in [1.807, 2.05) is 0 Å². The smallest absolute Gasteiger partial charge is 0.422 e. The van der Waals surface area contributed by atoms with Gasteiger partial charge in [-0.15, -0.1) is 0 Å². The molecule has 0 bridgehead atoms. The number of carbonyl (C=O) groups is 2. The van der Waals surface area contributed by atoms with E-state index in [-0.39, 0.29) is 17.4 Å². The Kier molecular flexibility index (Phi) is 5.29. The van der Waals surface area contributed by atoms with E-state index in [2.05, 4.69) is 20.4 Å². The lowest BCUT2D eigenvalue weighted by Crippen LogP contribution is -2.22. The van der Waals surface area contributed by atoms with Crippen LogP contribution in [0.3, 0.4) is 0 Å². The van der Waals surface area contributed by atoms with E-state index >= 15 is 0 Å². The van der Waals surface area contributed by atoms with Gasteiger partial charge in [-0.25, -0.2) is 4.98 Å². The van der Waals surface area contributed by atoms with Crippen molar-refractivity contribution in [3.8, 4) is 5.88 Å². The zero-order valence-electron chi connectivity index (χ0n) is 14.0. The number of hydrogen-bond donors (Lipinski definition) is 2. The van der Waals surface area contributed by atoms with Gasteiger partial charge in [0, 0.05) is 23.5 Å². The second-order valence-corrected chi connectivity index (χ2v) is 6.05. The van der Waals surface area contributed by atoms with E-state index in [1.165, 1.54) is 18.3 Å². The molecule has 0 saturated heterocycles.